The number of nitrogens with one attached hydrogen (secondary N) is 2. The Morgan fingerprint density at radius 2 is 1.26 bits per heavy atom. The van der Waals surface area contributed by atoms with Crippen molar-refractivity contribution in [3.8, 4) is 0 Å². The highest BCUT2D eigenvalue weighted by Gasteiger charge is 2.23. The Hall–Kier alpha value is -2.37. The zero-order valence-electron chi connectivity index (χ0n) is 14.9. The van der Waals surface area contributed by atoms with Gasteiger partial charge in [-0.15, -0.1) is 0 Å². The number of aromatic carboxylic acids is 1. The number of carboxylic acid groups (broad SMARTS) is 1. The Morgan fingerprint density at radius 3 is 1.48 bits per heavy atom. The molecule has 0 aromatic heterocycles. The predicted octanol–water partition coefficient (Wildman–Crippen LogP) is 3.51. The standard InChI is InChI=1S/C15H20N2O4.C2H6/c1-6-11-13(16-9(4)18)7(2)12(15(20)21)8(3)14(11)17-10(5)19;1-2/h6H2,1-5H3,(H,16,18)(H,17,19)(H,20,21);1-2H3. The Kier molecular flexibility index (Phi) is 8.00. The molecular formula is C17H26N2O4. The number of carbonyl (C=O) groups excluding carboxylic acids is 2. The second kappa shape index (κ2) is 8.92. The van der Waals surface area contributed by atoms with E-state index in [-0.39, 0.29) is 17.4 Å². The molecular weight excluding hydrogens is 296 g/mol. The molecule has 0 atom stereocenters. The van der Waals surface area contributed by atoms with Crippen LogP contribution >= 0.6 is 0 Å². The molecule has 128 valence electrons. The van der Waals surface area contributed by atoms with Gasteiger partial charge in [0.15, 0.2) is 0 Å². The third-order valence-corrected chi connectivity index (χ3v) is 3.27. The van der Waals surface area contributed by atoms with E-state index in [1.54, 1.807) is 13.8 Å². The molecule has 1 aromatic carbocycles. The van der Waals surface area contributed by atoms with Crippen LogP contribution in [0, 0.1) is 13.8 Å². The highest BCUT2D eigenvalue weighted by molar-refractivity contribution is 6.02. The molecule has 0 bridgehead atoms. The van der Waals surface area contributed by atoms with E-state index in [2.05, 4.69) is 10.6 Å². The molecule has 6 heteroatoms. The number of rotatable bonds is 4. The Bertz CT molecular complexity index is 579. The molecule has 23 heavy (non-hydrogen) atoms. The van der Waals surface area contributed by atoms with Gasteiger partial charge in [0.1, 0.15) is 0 Å². The first-order chi connectivity index (χ1) is 10.7. The minimum Gasteiger partial charge on any atom is -0.478 e. The van der Waals surface area contributed by atoms with Crippen LogP contribution in [0.3, 0.4) is 0 Å². The number of carboxylic acids is 1. The summed E-state index contributed by atoms with van der Waals surface area (Å²) in [4.78, 5) is 34.3. The van der Waals surface area contributed by atoms with E-state index in [1.165, 1.54) is 13.8 Å². The van der Waals surface area contributed by atoms with E-state index in [9.17, 15) is 19.5 Å². The van der Waals surface area contributed by atoms with Gasteiger partial charge in [0.2, 0.25) is 11.8 Å². The summed E-state index contributed by atoms with van der Waals surface area (Å²) in [6.07, 6.45) is 0.548. The normalized spacial score (nSPS) is 9.52. The van der Waals surface area contributed by atoms with Crippen molar-refractivity contribution in [2.75, 3.05) is 10.6 Å². The minimum atomic E-state index is -1.09. The molecule has 0 aliphatic heterocycles. The molecule has 3 N–H and O–H groups in total. The van der Waals surface area contributed by atoms with Crippen molar-refractivity contribution in [3.63, 3.8) is 0 Å². The molecule has 0 spiro atoms. The number of hydrogen-bond donors (Lipinski definition) is 3. The zero-order chi connectivity index (χ0) is 18.3. The highest BCUT2D eigenvalue weighted by atomic mass is 16.4. The summed E-state index contributed by atoms with van der Waals surface area (Å²) in [5.74, 6) is -1.67. The lowest BCUT2D eigenvalue weighted by Gasteiger charge is -2.22. The van der Waals surface area contributed by atoms with Crippen LogP contribution in [-0.2, 0) is 16.0 Å². The van der Waals surface area contributed by atoms with Gasteiger partial charge >= 0.3 is 5.97 Å². The van der Waals surface area contributed by atoms with Gasteiger partial charge in [-0.1, -0.05) is 20.8 Å². The number of benzene rings is 1. The molecule has 6 nitrogen and oxygen atoms in total. The first-order valence-electron chi connectivity index (χ1n) is 7.65. The smallest absolute Gasteiger partial charge is 0.336 e. The molecule has 0 saturated heterocycles. The van der Waals surface area contributed by atoms with E-state index in [4.69, 9.17) is 0 Å². The summed E-state index contributed by atoms with van der Waals surface area (Å²) in [7, 11) is 0. The maximum atomic E-state index is 11.5. The molecule has 1 rings (SSSR count). The third-order valence-electron chi connectivity index (χ3n) is 3.27. The van der Waals surface area contributed by atoms with Gasteiger partial charge < -0.3 is 15.7 Å². The van der Waals surface area contributed by atoms with Crippen molar-refractivity contribution in [2.45, 2.75) is 54.9 Å². The van der Waals surface area contributed by atoms with Crippen LogP contribution in [0.1, 0.15) is 61.7 Å². The van der Waals surface area contributed by atoms with Gasteiger partial charge in [0, 0.05) is 25.2 Å². The van der Waals surface area contributed by atoms with Crippen LogP contribution in [0.5, 0.6) is 0 Å². The monoisotopic (exact) mass is 322 g/mol. The van der Waals surface area contributed by atoms with Crippen molar-refractivity contribution in [1.82, 2.24) is 0 Å². The maximum absolute atomic E-state index is 11.5. The largest absolute Gasteiger partial charge is 0.478 e. The molecule has 0 heterocycles. The average molecular weight is 322 g/mol. The van der Waals surface area contributed by atoms with Crippen molar-refractivity contribution >= 4 is 29.2 Å². The van der Waals surface area contributed by atoms with E-state index in [1.807, 2.05) is 20.8 Å². The van der Waals surface area contributed by atoms with Gasteiger partial charge in [-0.25, -0.2) is 4.79 Å². The fourth-order valence-electron chi connectivity index (χ4n) is 2.47. The van der Waals surface area contributed by atoms with E-state index < -0.39 is 5.97 Å². The van der Waals surface area contributed by atoms with E-state index in [0.29, 0.717) is 28.9 Å². The SMILES string of the molecule is CC.CCc1c(NC(C)=O)c(C)c(C(=O)O)c(C)c1NC(C)=O. The van der Waals surface area contributed by atoms with Crippen molar-refractivity contribution in [2.24, 2.45) is 0 Å². The van der Waals surface area contributed by atoms with Gasteiger partial charge in [0.25, 0.3) is 0 Å². The average Bonchev–Trinajstić information content (AvgIpc) is 2.45. The second-order valence-electron chi connectivity index (χ2n) is 4.87. The summed E-state index contributed by atoms with van der Waals surface area (Å²) in [5.41, 5.74) is 2.70. The van der Waals surface area contributed by atoms with Gasteiger partial charge in [-0.2, -0.15) is 0 Å². The Morgan fingerprint density at radius 1 is 0.913 bits per heavy atom. The summed E-state index contributed by atoms with van der Waals surface area (Å²) in [6, 6.07) is 0. The molecule has 0 radical (unpaired) electrons. The van der Waals surface area contributed by atoms with Crippen LogP contribution in [-0.4, -0.2) is 22.9 Å². The summed E-state index contributed by atoms with van der Waals surface area (Å²) < 4.78 is 0. The van der Waals surface area contributed by atoms with E-state index in [0.717, 1.165) is 5.56 Å². The lowest BCUT2D eigenvalue weighted by atomic mass is 9.92. The Labute approximate surface area is 137 Å². The molecule has 0 fully saturated rings. The fraction of sp³-hybridized carbons (Fsp3) is 0.471. The lowest BCUT2D eigenvalue weighted by Crippen LogP contribution is -2.18. The number of carbonyl (C=O) groups is 3. The highest BCUT2D eigenvalue weighted by Crippen LogP contribution is 2.36. The Balaban J connectivity index is 0.00000232. The molecule has 1 aromatic rings. The maximum Gasteiger partial charge on any atom is 0.336 e. The molecule has 2 amide bonds. The third kappa shape index (κ3) is 4.81. The number of amides is 2. The van der Waals surface area contributed by atoms with Gasteiger partial charge in [-0.05, 0) is 37.0 Å². The van der Waals surface area contributed by atoms with Gasteiger partial charge in [0.05, 0.1) is 5.56 Å². The predicted molar refractivity (Wildman–Crippen MR) is 92.2 cm³/mol. The lowest BCUT2D eigenvalue weighted by molar-refractivity contribution is -0.115. The molecule has 0 saturated carbocycles. The minimum absolute atomic E-state index is 0.0969. The van der Waals surface area contributed by atoms with Crippen molar-refractivity contribution in [1.29, 1.82) is 0 Å². The second-order valence-corrected chi connectivity index (χ2v) is 4.87. The first-order valence-corrected chi connectivity index (χ1v) is 7.65. The van der Waals surface area contributed by atoms with Gasteiger partial charge in [-0.3, -0.25) is 9.59 Å². The fourth-order valence-corrected chi connectivity index (χ4v) is 2.47. The van der Waals surface area contributed by atoms with Crippen LogP contribution < -0.4 is 10.6 Å². The summed E-state index contributed by atoms with van der Waals surface area (Å²) >= 11 is 0. The first kappa shape index (κ1) is 20.6. The van der Waals surface area contributed by atoms with E-state index >= 15 is 0 Å². The van der Waals surface area contributed by atoms with Crippen molar-refractivity contribution in [3.05, 3.63) is 22.3 Å². The molecule has 0 aliphatic rings. The summed E-state index contributed by atoms with van der Waals surface area (Å²) in [6.45, 7) is 11.9. The van der Waals surface area contributed by atoms with Crippen LogP contribution in [0.2, 0.25) is 0 Å². The summed E-state index contributed by atoms with van der Waals surface area (Å²) in [5, 5.41) is 14.8. The zero-order valence-corrected chi connectivity index (χ0v) is 14.9. The quantitative estimate of drug-likeness (QED) is 0.790. The van der Waals surface area contributed by atoms with Crippen LogP contribution in [0.25, 0.3) is 0 Å². The molecule has 0 unspecified atom stereocenters. The van der Waals surface area contributed by atoms with Crippen LogP contribution in [0.15, 0.2) is 0 Å². The number of anilines is 2. The van der Waals surface area contributed by atoms with Crippen molar-refractivity contribution < 1.29 is 19.5 Å². The van der Waals surface area contributed by atoms with Crippen LogP contribution in [0.4, 0.5) is 11.4 Å². The number of hydrogen-bond acceptors (Lipinski definition) is 3. The molecule has 0 aliphatic carbocycles. The topological polar surface area (TPSA) is 95.5 Å².